The first-order valence-electron chi connectivity index (χ1n) is 8.38. The number of morpholine rings is 1. The summed E-state index contributed by atoms with van der Waals surface area (Å²) >= 11 is 1.69. The van der Waals surface area contributed by atoms with Gasteiger partial charge in [-0.05, 0) is 18.6 Å². The number of rotatable bonds is 4. The Morgan fingerprint density at radius 2 is 1.88 bits per heavy atom. The van der Waals surface area contributed by atoms with Crippen LogP contribution in [0.15, 0.2) is 12.1 Å². The van der Waals surface area contributed by atoms with Crippen molar-refractivity contribution in [2.45, 2.75) is 12.5 Å². The molecule has 1 aromatic carbocycles. The molecule has 130 valence electrons. The molecule has 2 aliphatic rings. The molecular weight excluding hydrogens is 326 g/mol. The minimum absolute atomic E-state index is 0.602. The minimum atomic E-state index is 0.602. The van der Waals surface area contributed by atoms with Gasteiger partial charge in [-0.2, -0.15) is 0 Å². The third-order valence-corrected chi connectivity index (χ3v) is 6.03. The first-order chi connectivity index (χ1) is 11.8. The highest BCUT2D eigenvalue weighted by Crippen LogP contribution is 2.40. The van der Waals surface area contributed by atoms with Crippen molar-refractivity contribution in [3.63, 3.8) is 0 Å². The lowest BCUT2D eigenvalue weighted by atomic mass is 10.2. The van der Waals surface area contributed by atoms with E-state index in [4.69, 9.17) is 19.2 Å². The summed E-state index contributed by atoms with van der Waals surface area (Å²) in [6, 6.07) is 4.47. The second-order valence-electron chi connectivity index (χ2n) is 6.18. The molecule has 6 nitrogen and oxygen atoms in total. The van der Waals surface area contributed by atoms with Gasteiger partial charge in [0.2, 0.25) is 0 Å². The second kappa shape index (κ2) is 6.74. The maximum absolute atomic E-state index is 5.49. The molecule has 3 heterocycles. The molecule has 0 aliphatic carbocycles. The van der Waals surface area contributed by atoms with Crippen LogP contribution in [0.1, 0.15) is 6.42 Å². The molecule has 4 rings (SSSR count). The summed E-state index contributed by atoms with van der Waals surface area (Å²) in [6.45, 7) is 5.87. The lowest BCUT2D eigenvalue weighted by Gasteiger charge is -2.32. The third-order valence-electron chi connectivity index (χ3n) is 4.89. The first kappa shape index (κ1) is 15.9. The van der Waals surface area contributed by atoms with Crippen molar-refractivity contribution >= 4 is 26.7 Å². The van der Waals surface area contributed by atoms with Crippen molar-refractivity contribution in [3.05, 3.63) is 12.1 Å². The first-order valence-corrected chi connectivity index (χ1v) is 9.20. The molecule has 0 spiro atoms. The Kier molecular flexibility index (Phi) is 4.47. The van der Waals surface area contributed by atoms with E-state index in [0.717, 1.165) is 66.2 Å². The Morgan fingerprint density at radius 3 is 2.62 bits per heavy atom. The quantitative estimate of drug-likeness (QED) is 0.844. The molecular formula is C17H23N3O3S. The number of hydrogen-bond acceptors (Lipinski definition) is 7. The van der Waals surface area contributed by atoms with Gasteiger partial charge in [0.1, 0.15) is 21.7 Å². The number of thiazole rings is 1. The topological polar surface area (TPSA) is 47.1 Å². The number of hydrogen-bond donors (Lipinski definition) is 0. The van der Waals surface area contributed by atoms with Gasteiger partial charge < -0.3 is 19.1 Å². The van der Waals surface area contributed by atoms with Crippen molar-refractivity contribution in [1.29, 1.82) is 0 Å². The molecule has 0 saturated carbocycles. The zero-order chi connectivity index (χ0) is 16.5. The van der Waals surface area contributed by atoms with Crippen LogP contribution >= 0.6 is 11.3 Å². The summed E-state index contributed by atoms with van der Waals surface area (Å²) in [4.78, 5) is 9.80. The number of ether oxygens (including phenoxy) is 3. The van der Waals surface area contributed by atoms with E-state index in [-0.39, 0.29) is 0 Å². The second-order valence-corrected chi connectivity index (χ2v) is 7.16. The van der Waals surface area contributed by atoms with Crippen LogP contribution in [0.2, 0.25) is 0 Å². The normalized spacial score (nSPS) is 22.2. The van der Waals surface area contributed by atoms with E-state index in [2.05, 4.69) is 9.80 Å². The van der Waals surface area contributed by atoms with Crippen molar-refractivity contribution < 1.29 is 14.2 Å². The van der Waals surface area contributed by atoms with Gasteiger partial charge in [-0.25, -0.2) is 4.98 Å². The van der Waals surface area contributed by atoms with E-state index in [9.17, 15) is 0 Å². The average molecular weight is 349 g/mol. The van der Waals surface area contributed by atoms with Gasteiger partial charge in [0.15, 0.2) is 5.13 Å². The summed E-state index contributed by atoms with van der Waals surface area (Å²) in [5.41, 5.74) is 0.895. The van der Waals surface area contributed by atoms with E-state index in [0.29, 0.717) is 6.04 Å². The lowest BCUT2D eigenvalue weighted by molar-refractivity contribution is 0.0209. The summed E-state index contributed by atoms with van der Waals surface area (Å²) in [6.07, 6.45) is 1.18. The highest BCUT2D eigenvalue weighted by atomic mass is 32.1. The highest BCUT2D eigenvalue weighted by molar-refractivity contribution is 7.22. The largest absolute Gasteiger partial charge is 0.495 e. The number of fused-ring (bicyclic) bond motifs is 1. The van der Waals surface area contributed by atoms with Gasteiger partial charge in [-0.3, -0.25) is 4.90 Å². The lowest BCUT2D eigenvalue weighted by Crippen LogP contribution is -2.44. The SMILES string of the molecule is COc1ccc(OC)c2sc(N3CCC(N4CCOCC4)C3)nc12. The van der Waals surface area contributed by atoms with Crippen molar-refractivity contribution in [2.75, 3.05) is 58.5 Å². The Hall–Kier alpha value is -1.57. The van der Waals surface area contributed by atoms with Gasteiger partial charge in [-0.15, -0.1) is 0 Å². The predicted molar refractivity (Wildman–Crippen MR) is 95.7 cm³/mol. The van der Waals surface area contributed by atoms with Crippen molar-refractivity contribution in [2.24, 2.45) is 0 Å². The number of anilines is 1. The molecule has 2 aromatic rings. The monoisotopic (exact) mass is 349 g/mol. The predicted octanol–water partition coefficient (Wildman–Crippen LogP) is 2.22. The van der Waals surface area contributed by atoms with Gasteiger partial charge in [0.25, 0.3) is 0 Å². The number of benzene rings is 1. The zero-order valence-corrected chi connectivity index (χ0v) is 15.0. The molecule has 1 unspecified atom stereocenters. The summed E-state index contributed by atoms with van der Waals surface area (Å²) in [7, 11) is 3.38. The minimum Gasteiger partial charge on any atom is -0.495 e. The van der Waals surface area contributed by atoms with Gasteiger partial charge in [0.05, 0.1) is 27.4 Å². The van der Waals surface area contributed by atoms with Crippen LogP contribution in [0.5, 0.6) is 11.5 Å². The van der Waals surface area contributed by atoms with Gasteiger partial charge >= 0.3 is 0 Å². The zero-order valence-electron chi connectivity index (χ0n) is 14.2. The number of nitrogens with zero attached hydrogens (tertiary/aromatic N) is 3. The van der Waals surface area contributed by atoms with Crippen LogP contribution in [0.25, 0.3) is 10.2 Å². The Labute approximate surface area is 145 Å². The molecule has 1 aromatic heterocycles. The molecule has 2 saturated heterocycles. The van der Waals surface area contributed by atoms with Crippen LogP contribution in [0.4, 0.5) is 5.13 Å². The van der Waals surface area contributed by atoms with Gasteiger partial charge in [0, 0.05) is 32.2 Å². The molecule has 0 N–H and O–H groups in total. The molecule has 7 heteroatoms. The van der Waals surface area contributed by atoms with Crippen LogP contribution in [0, 0.1) is 0 Å². The maximum atomic E-state index is 5.49. The maximum Gasteiger partial charge on any atom is 0.186 e. The Morgan fingerprint density at radius 1 is 1.12 bits per heavy atom. The molecule has 0 bridgehead atoms. The van der Waals surface area contributed by atoms with Crippen LogP contribution in [-0.2, 0) is 4.74 Å². The van der Waals surface area contributed by atoms with E-state index >= 15 is 0 Å². The summed E-state index contributed by atoms with van der Waals surface area (Å²) in [5, 5.41) is 1.06. The van der Waals surface area contributed by atoms with Crippen molar-refractivity contribution in [3.8, 4) is 11.5 Å². The van der Waals surface area contributed by atoms with Gasteiger partial charge in [-0.1, -0.05) is 11.3 Å². The van der Waals surface area contributed by atoms with Crippen LogP contribution in [-0.4, -0.2) is 69.5 Å². The molecule has 2 fully saturated rings. The van der Waals surface area contributed by atoms with Crippen LogP contribution < -0.4 is 14.4 Å². The standard InChI is InChI=1S/C17H23N3O3S/c1-21-13-3-4-14(22-2)16-15(13)18-17(24-16)20-6-5-12(11-20)19-7-9-23-10-8-19/h3-4,12H,5-11H2,1-2H3. The average Bonchev–Trinajstić information content (AvgIpc) is 3.28. The van der Waals surface area contributed by atoms with E-state index in [1.54, 1.807) is 25.6 Å². The van der Waals surface area contributed by atoms with E-state index < -0.39 is 0 Å². The number of aromatic nitrogens is 1. The Bertz CT molecular complexity index is 673. The van der Waals surface area contributed by atoms with Crippen molar-refractivity contribution in [1.82, 2.24) is 9.88 Å². The smallest absolute Gasteiger partial charge is 0.186 e. The van der Waals surface area contributed by atoms with E-state index in [1.807, 2.05) is 12.1 Å². The molecule has 2 aliphatic heterocycles. The van der Waals surface area contributed by atoms with Crippen LogP contribution in [0.3, 0.4) is 0 Å². The number of methoxy groups -OCH3 is 2. The Balaban J connectivity index is 1.58. The summed E-state index contributed by atoms with van der Waals surface area (Å²) in [5.74, 6) is 1.66. The highest BCUT2D eigenvalue weighted by Gasteiger charge is 2.30. The fourth-order valence-corrected chi connectivity index (χ4v) is 4.68. The molecule has 0 radical (unpaired) electrons. The molecule has 24 heavy (non-hydrogen) atoms. The third kappa shape index (κ3) is 2.81. The molecule has 0 amide bonds. The van der Waals surface area contributed by atoms with E-state index in [1.165, 1.54) is 6.42 Å². The molecule has 1 atom stereocenters. The summed E-state index contributed by atoms with van der Waals surface area (Å²) < 4.78 is 17.5. The fourth-order valence-electron chi connectivity index (χ4n) is 3.57. The fraction of sp³-hybridized carbons (Fsp3) is 0.588.